The van der Waals surface area contributed by atoms with Crippen molar-refractivity contribution in [1.29, 1.82) is 0 Å². The molecule has 3 aliphatic heterocycles. The number of fused-ring (bicyclic) bond motifs is 1. The maximum atomic E-state index is 12.9. The van der Waals surface area contributed by atoms with Gasteiger partial charge in [0.2, 0.25) is 5.91 Å². The van der Waals surface area contributed by atoms with E-state index in [0.717, 1.165) is 57.9 Å². The minimum absolute atomic E-state index is 0.0192. The molecule has 0 spiro atoms. The number of carboxylic acid groups (broad SMARTS) is 2. The number of carbonyl (C=O) groups is 3. The summed E-state index contributed by atoms with van der Waals surface area (Å²) in [5, 5.41) is 17.3. The molecule has 3 fully saturated rings. The van der Waals surface area contributed by atoms with Gasteiger partial charge in [0.15, 0.2) is 0 Å². The number of ether oxygens (including phenoxy) is 2. The Morgan fingerprint density at radius 2 is 1.53 bits per heavy atom. The van der Waals surface area contributed by atoms with Crippen LogP contribution in [0.4, 0.5) is 32.0 Å². The molecule has 1 amide bonds. The van der Waals surface area contributed by atoms with Crippen LogP contribution in [0.1, 0.15) is 19.3 Å². The lowest BCUT2D eigenvalue weighted by molar-refractivity contribution is -0.193. The standard InChI is InChI=1S/C18H25N3O3.2C2HF3O2/c22-18(20-13-2-1-6-19-10-13)16-11-21(14-3-7-23-8-4-14)12-17-15(16)5-9-24-17;2*3-2(4,5)1(6)7/h1-2,6,10,14-17H,3-5,7-9,11-12H2,(H,20,22);2*(H,6,7)/t15-,16-,17+;;/m0../s1. The summed E-state index contributed by atoms with van der Waals surface area (Å²) in [6, 6.07) is 4.23. The van der Waals surface area contributed by atoms with Crippen molar-refractivity contribution in [1.82, 2.24) is 9.88 Å². The molecule has 3 saturated heterocycles. The molecular formula is C22H27F6N3O7. The lowest BCUT2D eigenvalue weighted by atomic mass is 9.81. The molecule has 4 rings (SSSR count). The number of amides is 1. The molecule has 0 aliphatic carbocycles. The zero-order valence-electron chi connectivity index (χ0n) is 19.9. The number of aromatic nitrogens is 1. The molecule has 0 radical (unpaired) electrons. The minimum atomic E-state index is -5.08. The second-order valence-corrected chi connectivity index (χ2v) is 8.60. The van der Waals surface area contributed by atoms with Gasteiger partial charge < -0.3 is 25.0 Å². The van der Waals surface area contributed by atoms with E-state index in [9.17, 15) is 31.1 Å². The number of carbonyl (C=O) groups excluding carboxylic acids is 1. The fraction of sp³-hybridized carbons (Fsp3) is 0.636. The summed E-state index contributed by atoms with van der Waals surface area (Å²) >= 11 is 0. The van der Waals surface area contributed by atoms with Gasteiger partial charge in [-0.05, 0) is 31.4 Å². The third-order valence-electron chi connectivity index (χ3n) is 6.08. The summed E-state index contributed by atoms with van der Waals surface area (Å²) in [6.07, 6.45) is -3.49. The van der Waals surface area contributed by atoms with Crippen LogP contribution in [-0.2, 0) is 23.9 Å². The van der Waals surface area contributed by atoms with Gasteiger partial charge in [-0.25, -0.2) is 9.59 Å². The molecule has 10 nitrogen and oxygen atoms in total. The van der Waals surface area contributed by atoms with E-state index in [2.05, 4.69) is 15.2 Å². The Kier molecular flexibility index (Phi) is 11.3. The van der Waals surface area contributed by atoms with Crippen molar-refractivity contribution >= 4 is 23.5 Å². The van der Waals surface area contributed by atoms with Gasteiger partial charge in [0, 0.05) is 51.1 Å². The number of hydrogen-bond acceptors (Lipinski definition) is 7. The van der Waals surface area contributed by atoms with Crippen LogP contribution in [0, 0.1) is 11.8 Å². The summed E-state index contributed by atoms with van der Waals surface area (Å²) in [6.45, 7) is 4.19. The Labute approximate surface area is 212 Å². The third-order valence-corrected chi connectivity index (χ3v) is 6.08. The smallest absolute Gasteiger partial charge is 0.475 e. The molecule has 3 N–H and O–H groups in total. The number of carboxylic acids is 2. The highest BCUT2D eigenvalue weighted by Gasteiger charge is 2.45. The minimum Gasteiger partial charge on any atom is -0.475 e. The summed E-state index contributed by atoms with van der Waals surface area (Å²) in [5.41, 5.74) is 0.765. The predicted octanol–water partition coefficient (Wildman–Crippen LogP) is 2.80. The number of rotatable bonds is 3. The molecule has 16 heteroatoms. The van der Waals surface area contributed by atoms with Gasteiger partial charge in [-0.3, -0.25) is 14.7 Å². The maximum Gasteiger partial charge on any atom is 0.490 e. The fourth-order valence-electron chi connectivity index (χ4n) is 4.30. The average Bonchev–Trinajstić information content (AvgIpc) is 3.33. The van der Waals surface area contributed by atoms with Gasteiger partial charge >= 0.3 is 24.3 Å². The van der Waals surface area contributed by atoms with Crippen molar-refractivity contribution < 1.29 is 60.4 Å². The first kappa shape index (κ1) is 31.2. The monoisotopic (exact) mass is 559 g/mol. The number of alkyl halides is 6. The Morgan fingerprint density at radius 3 is 2.03 bits per heavy atom. The van der Waals surface area contributed by atoms with Gasteiger partial charge in [-0.2, -0.15) is 26.3 Å². The second kappa shape index (κ2) is 13.7. The zero-order chi connectivity index (χ0) is 28.5. The van der Waals surface area contributed by atoms with Gasteiger partial charge in [0.1, 0.15) is 0 Å². The maximum absolute atomic E-state index is 12.9. The zero-order valence-corrected chi connectivity index (χ0v) is 19.9. The largest absolute Gasteiger partial charge is 0.490 e. The summed E-state index contributed by atoms with van der Waals surface area (Å²) < 4.78 is 74.9. The topological polar surface area (TPSA) is 138 Å². The first-order valence-electron chi connectivity index (χ1n) is 11.4. The Bertz CT molecular complexity index is 902. The third kappa shape index (κ3) is 9.72. The lowest BCUT2D eigenvalue weighted by Gasteiger charge is -2.44. The highest BCUT2D eigenvalue weighted by molar-refractivity contribution is 5.92. The summed E-state index contributed by atoms with van der Waals surface area (Å²) in [7, 11) is 0. The van der Waals surface area contributed by atoms with E-state index < -0.39 is 24.3 Å². The molecule has 1 aromatic rings. The molecular weight excluding hydrogens is 532 g/mol. The van der Waals surface area contributed by atoms with Gasteiger partial charge in [0.25, 0.3) is 0 Å². The van der Waals surface area contributed by atoms with E-state index in [1.807, 2.05) is 12.1 Å². The number of piperidine rings is 1. The molecule has 4 heterocycles. The summed E-state index contributed by atoms with van der Waals surface area (Å²) in [5.74, 6) is -5.10. The molecule has 0 unspecified atom stereocenters. The van der Waals surface area contributed by atoms with Crippen molar-refractivity contribution in [2.45, 2.75) is 43.8 Å². The quantitative estimate of drug-likeness (QED) is 0.478. The first-order valence-corrected chi connectivity index (χ1v) is 11.4. The number of halogens is 6. The highest BCUT2D eigenvalue weighted by atomic mass is 19.4. The van der Waals surface area contributed by atoms with Crippen molar-refractivity contribution in [2.24, 2.45) is 11.8 Å². The number of anilines is 1. The summed E-state index contributed by atoms with van der Waals surface area (Å²) in [4.78, 5) is 37.2. The number of likely N-dealkylation sites (tertiary alicyclic amines) is 1. The average molecular weight is 559 g/mol. The number of nitrogens with one attached hydrogen (secondary N) is 1. The number of pyridine rings is 1. The van der Waals surface area contributed by atoms with E-state index in [1.165, 1.54) is 0 Å². The molecule has 3 aliphatic rings. The van der Waals surface area contributed by atoms with Crippen LogP contribution in [0.5, 0.6) is 0 Å². The van der Waals surface area contributed by atoms with Crippen LogP contribution < -0.4 is 5.32 Å². The lowest BCUT2D eigenvalue weighted by Crippen LogP contribution is -2.55. The van der Waals surface area contributed by atoms with Gasteiger partial charge in [-0.15, -0.1) is 0 Å². The van der Waals surface area contributed by atoms with Crippen LogP contribution in [0.3, 0.4) is 0 Å². The number of hydrogen-bond donors (Lipinski definition) is 3. The SMILES string of the molecule is O=C(Nc1cccnc1)[C@H]1CN(C2CCOCC2)C[C@H]2OCC[C@@H]12.O=C(O)C(F)(F)F.O=C(O)C(F)(F)F. The van der Waals surface area contributed by atoms with Crippen LogP contribution in [-0.4, -0.2) is 95.4 Å². The molecule has 214 valence electrons. The van der Waals surface area contributed by atoms with E-state index in [4.69, 9.17) is 29.3 Å². The molecule has 0 aromatic carbocycles. The Hall–Kier alpha value is -2.98. The normalized spacial score (nSPS) is 24.1. The van der Waals surface area contributed by atoms with Crippen molar-refractivity contribution in [2.75, 3.05) is 38.2 Å². The van der Waals surface area contributed by atoms with Crippen molar-refractivity contribution in [3.63, 3.8) is 0 Å². The molecule has 38 heavy (non-hydrogen) atoms. The van der Waals surface area contributed by atoms with Crippen LogP contribution in [0.25, 0.3) is 0 Å². The first-order chi connectivity index (χ1) is 17.7. The van der Waals surface area contributed by atoms with E-state index in [-0.39, 0.29) is 17.9 Å². The van der Waals surface area contributed by atoms with Crippen molar-refractivity contribution in [3.05, 3.63) is 24.5 Å². The number of nitrogens with zero attached hydrogens (tertiary/aromatic N) is 2. The second-order valence-electron chi connectivity index (χ2n) is 8.60. The van der Waals surface area contributed by atoms with Crippen LogP contribution >= 0.6 is 0 Å². The molecule has 0 bridgehead atoms. The van der Waals surface area contributed by atoms with Crippen LogP contribution in [0.2, 0.25) is 0 Å². The fourth-order valence-corrected chi connectivity index (χ4v) is 4.30. The Balaban J connectivity index is 0.000000301. The van der Waals surface area contributed by atoms with E-state index >= 15 is 0 Å². The predicted molar refractivity (Wildman–Crippen MR) is 117 cm³/mol. The Morgan fingerprint density at radius 1 is 0.947 bits per heavy atom. The molecule has 1 aromatic heterocycles. The van der Waals surface area contributed by atoms with Crippen LogP contribution in [0.15, 0.2) is 24.5 Å². The van der Waals surface area contributed by atoms with Crippen molar-refractivity contribution in [3.8, 4) is 0 Å². The molecule has 3 atom stereocenters. The van der Waals surface area contributed by atoms with Gasteiger partial charge in [-0.1, -0.05) is 0 Å². The number of aliphatic carboxylic acids is 2. The molecule has 0 saturated carbocycles. The van der Waals surface area contributed by atoms with E-state index in [1.54, 1.807) is 12.4 Å². The van der Waals surface area contributed by atoms with E-state index in [0.29, 0.717) is 12.0 Å². The highest BCUT2D eigenvalue weighted by Crippen LogP contribution is 2.36. The van der Waals surface area contributed by atoms with Gasteiger partial charge in [0.05, 0.1) is 23.9 Å².